The van der Waals surface area contributed by atoms with Crippen LogP contribution in [0.2, 0.25) is 0 Å². The maximum Gasteiger partial charge on any atom is 0.306 e. The first-order valence-corrected chi connectivity index (χ1v) is 16.7. The Kier molecular flexibility index (Phi) is 9.45. The Labute approximate surface area is 270 Å². The summed E-state index contributed by atoms with van der Waals surface area (Å²) in [6.45, 7) is 7.59. The first-order valence-electron chi connectivity index (χ1n) is 16.7. The van der Waals surface area contributed by atoms with Crippen LogP contribution in [0, 0.1) is 34.5 Å². The van der Waals surface area contributed by atoms with Crippen molar-refractivity contribution in [2.75, 3.05) is 13.2 Å². The van der Waals surface area contributed by atoms with Crippen LogP contribution in [0.4, 0.5) is 0 Å². The first kappa shape index (κ1) is 34.4. The van der Waals surface area contributed by atoms with Gasteiger partial charge >= 0.3 is 11.9 Å². The van der Waals surface area contributed by atoms with Gasteiger partial charge in [0.05, 0.1) is 24.5 Å². The van der Waals surface area contributed by atoms with Crippen molar-refractivity contribution >= 4 is 29.4 Å². The highest BCUT2D eigenvalue weighted by atomic mass is 16.5. The Morgan fingerprint density at radius 2 is 1.83 bits per heavy atom. The monoisotopic (exact) mass is 643 g/mol. The summed E-state index contributed by atoms with van der Waals surface area (Å²) in [4.78, 5) is 62.4. The SMILES string of the molecule is CC1(C)C[C@@H]([C@@H](CC(=O)O)NC(=O)CCC(=O)OCC(=O)[C@@]2(O)CC[C@H]3[C@@H]4CCC5=CC(=O)C=C[C@]5(C)[C@H]4[C@@H](O)C[C@@]32C)CCO1. The van der Waals surface area contributed by atoms with Gasteiger partial charge in [0.25, 0.3) is 0 Å². The average molecular weight is 644 g/mol. The second-order valence-electron chi connectivity index (χ2n) is 15.3. The molecule has 254 valence electrons. The van der Waals surface area contributed by atoms with Crippen molar-refractivity contribution in [2.24, 2.45) is 34.5 Å². The minimum atomic E-state index is -1.78. The van der Waals surface area contributed by atoms with Crippen molar-refractivity contribution in [3.05, 3.63) is 23.8 Å². The van der Waals surface area contributed by atoms with Gasteiger partial charge in [-0.25, -0.2) is 0 Å². The van der Waals surface area contributed by atoms with Crippen LogP contribution in [-0.4, -0.2) is 81.3 Å². The predicted molar refractivity (Wildman–Crippen MR) is 165 cm³/mol. The molecule has 4 fully saturated rings. The van der Waals surface area contributed by atoms with Crippen molar-refractivity contribution in [3.63, 3.8) is 0 Å². The molecule has 1 amide bonds. The van der Waals surface area contributed by atoms with Gasteiger partial charge < -0.3 is 30.1 Å². The van der Waals surface area contributed by atoms with Gasteiger partial charge in [0, 0.05) is 35.8 Å². The van der Waals surface area contributed by atoms with Crippen molar-refractivity contribution in [1.29, 1.82) is 0 Å². The number of ether oxygens (including phenoxy) is 2. The smallest absolute Gasteiger partial charge is 0.306 e. The molecule has 0 aromatic heterocycles. The van der Waals surface area contributed by atoms with E-state index in [9.17, 15) is 39.3 Å². The Morgan fingerprint density at radius 3 is 2.52 bits per heavy atom. The highest BCUT2D eigenvalue weighted by Crippen LogP contribution is 2.67. The highest BCUT2D eigenvalue weighted by molar-refractivity contribution is 6.01. The van der Waals surface area contributed by atoms with Gasteiger partial charge in [-0.1, -0.05) is 25.5 Å². The molecule has 0 bridgehead atoms. The van der Waals surface area contributed by atoms with E-state index in [0.29, 0.717) is 32.3 Å². The number of allylic oxidation sites excluding steroid dienone is 4. The summed E-state index contributed by atoms with van der Waals surface area (Å²) in [5.41, 5.74) is -2.56. The van der Waals surface area contributed by atoms with Gasteiger partial charge in [-0.3, -0.25) is 24.0 Å². The fraction of sp³-hybridized carbons (Fsp3) is 0.743. The number of aliphatic hydroxyl groups excluding tert-OH is 1. The second kappa shape index (κ2) is 12.6. The molecule has 1 aliphatic heterocycles. The molecular weight excluding hydrogens is 594 g/mol. The van der Waals surface area contributed by atoms with E-state index in [1.807, 2.05) is 26.8 Å². The van der Waals surface area contributed by atoms with Gasteiger partial charge in [0.15, 0.2) is 12.4 Å². The van der Waals surface area contributed by atoms with E-state index in [2.05, 4.69) is 12.2 Å². The molecule has 11 nitrogen and oxygen atoms in total. The summed E-state index contributed by atoms with van der Waals surface area (Å²) in [5.74, 6) is -3.14. The minimum absolute atomic E-state index is 0.0290. The van der Waals surface area contributed by atoms with Gasteiger partial charge in [-0.2, -0.15) is 0 Å². The number of aliphatic carboxylic acids is 1. The Balaban J connectivity index is 1.16. The number of fused-ring (bicyclic) bond motifs is 5. The third-order valence-electron chi connectivity index (χ3n) is 12.1. The lowest BCUT2D eigenvalue weighted by atomic mass is 9.46. The summed E-state index contributed by atoms with van der Waals surface area (Å²) in [5, 5.41) is 35.6. The molecule has 0 unspecified atom stereocenters. The van der Waals surface area contributed by atoms with Crippen molar-refractivity contribution in [1.82, 2.24) is 5.32 Å². The largest absolute Gasteiger partial charge is 0.481 e. The van der Waals surface area contributed by atoms with E-state index in [1.54, 1.807) is 12.2 Å². The Morgan fingerprint density at radius 1 is 1.09 bits per heavy atom. The summed E-state index contributed by atoms with van der Waals surface area (Å²) < 4.78 is 11.0. The quantitative estimate of drug-likeness (QED) is 0.259. The second-order valence-corrected chi connectivity index (χ2v) is 15.3. The number of hydrogen-bond acceptors (Lipinski definition) is 9. The molecular formula is C35H49NO10. The molecule has 1 saturated heterocycles. The number of carbonyl (C=O) groups is 5. The van der Waals surface area contributed by atoms with Crippen LogP contribution < -0.4 is 5.32 Å². The number of carboxylic acids is 1. The molecule has 4 N–H and O–H groups in total. The summed E-state index contributed by atoms with van der Waals surface area (Å²) in [6.07, 6.45) is 7.28. The number of carbonyl (C=O) groups excluding carboxylic acids is 4. The molecule has 0 aromatic carbocycles. The number of aliphatic hydroxyl groups is 2. The molecule has 9 atom stereocenters. The number of esters is 1. The highest BCUT2D eigenvalue weighted by Gasteiger charge is 2.68. The van der Waals surface area contributed by atoms with Gasteiger partial charge in [0.1, 0.15) is 5.60 Å². The standard InChI is InChI=1S/C35H49NO10/c1-32(2)17-20(11-14-46-32)25(16-29(41)42)36-28(40)7-8-30(43)45-19-27(39)35(44)13-10-24-23-6-5-21-15-22(37)9-12-33(21,3)31(23)26(38)18-34(24,35)4/h9,12,15,20,23-26,31,38,44H,5-8,10-11,13-14,16-19H2,1-4H3,(H,36,40)(H,41,42)/t20-,23-,24-,25+,26-,31+,33-,34-,35-/m0/s1. The molecule has 0 radical (unpaired) electrons. The van der Waals surface area contributed by atoms with Crippen molar-refractivity contribution in [2.45, 2.75) is 115 Å². The van der Waals surface area contributed by atoms with Crippen LogP contribution in [0.15, 0.2) is 23.8 Å². The van der Waals surface area contributed by atoms with E-state index in [4.69, 9.17) is 9.47 Å². The first-order chi connectivity index (χ1) is 21.5. The number of ketones is 2. The third kappa shape index (κ3) is 6.34. The molecule has 3 saturated carbocycles. The van der Waals surface area contributed by atoms with E-state index in [1.165, 1.54) is 0 Å². The number of Topliss-reactive ketones (excluding diaryl/α,β-unsaturated/α-hetero) is 1. The fourth-order valence-corrected chi connectivity index (χ4v) is 9.77. The molecule has 46 heavy (non-hydrogen) atoms. The lowest BCUT2D eigenvalue weighted by Gasteiger charge is -2.59. The summed E-state index contributed by atoms with van der Waals surface area (Å²) >= 11 is 0. The topological polar surface area (TPSA) is 177 Å². The molecule has 5 rings (SSSR count). The number of rotatable bonds is 10. The van der Waals surface area contributed by atoms with E-state index < -0.39 is 64.4 Å². The molecule has 5 aliphatic rings. The van der Waals surface area contributed by atoms with Crippen LogP contribution in [0.3, 0.4) is 0 Å². The molecule has 11 heteroatoms. The third-order valence-corrected chi connectivity index (χ3v) is 12.1. The zero-order valence-electron chi connectivity index (χ0n) is 27.4. The van der Waals surface area contributed by atoms with E-state index in [-0.39, 0.29) is 61.6 Å². The Hall–Kier alpha value is -2.89. The molecule has 4 aliphatic carbocycles. The predicted octanol–water partition coefficient (Wildman–Crippen LogP) is 3.05. The lowest BCUT2D eigenvalue weighted by Crippen LogP contribution is -2.61. The number of amides is 1. The molecule has 0 spiro atoms. The molecule has 0 aromatic rings. The number of hydrogen-bond donors (Lipinski definition) is 4. The van der Waals surface area contributed by atoms with E-state index in [0.717, 1.165) is 12.0 Å². The summed E-state index contributed by atoms with van der Waals surface area (Å²) in [6, 6.07) is -0.604. The minimum Gasteiger partial charge on any atom is -0.481 e. The van der Waals surface area contributed by atoms with Crippen LogP contribution in [0.25, 0.3) is 0 Å². The maximum atomic E-state index is 13.5. The van der Waals surface area contributed by atoms with Crippen molar-refractivity contribution in [3.8, 4) is 0 Å². The van der Waals surface area contributed by atoms with Crippen LogP contribution in [0.1, 0.15) is 91.9 Å². The number of nitrogens with one attached hydrogen (secondary N) is 1. The van der Waals surface area contributed by atoms with Crippen LogP contribution in [-0.2, 0) is 33.4 Å². The van der Waals surface area contributed by atoms with Crippen LogP contribution >= 0.6 is 0 Å². The van der Waals surface area contributed by atoms with Crippen molar-refractivity contribution < 1.29 is 48.8 Å². The maximum absolute atomic E-state index is 13.5. The van der Waals surface area contributed by atoms with Gasteiger partial charge in [-0.05, 0) is 88.7 Å². The van der Waals surface area contributed by atoms with Gasteiger partial charge in [-0.15, -0.1) is 0 Å². The average Bonchev–Trinajstić information content (AvgIpc) is 3.24. The van der Waals surface area contributed by atoms with Crippen LogP contribution in [0.5, 0.6) is 0 Å². The zero-order valence-corrected chi connectivity index (χ0v) is 27.4. The molecule has 1 heterocycles. The lowest BCUT2D eigenvalue weighted by molar-refractivity contribution is -0.181. The van der Waals surface area contributed by atoms with E-state index >= 15 is 0 Å². The zero-order chi connectivity index (χ0) is 33.7. The summed E-state index contributed by atoms with van der Waals surface area (Å²) in [7, 11) is 0. The van der Waals surface area contributed by atoms with Gasteiger partial charge in [0.2, 0.25) is 11.7 Å². The Bertz CT molecular complexity index is 1340. The fourth-order valence-electron chi connectivity index (χ4n) is 9.77. The number of carboxylic acid groups (broad SMARTS) is 1. The normalized spacial score (nSPS) is 38.4.